The normalized spacial score (nSPS) is 10.2. The number of aromatic nitrogens is 2. The van der Waals surface area contributed by atoms with Crippen LogP contribution in [0.5, 0.6) is 5.75 Å². The third-order valence-electron chi connectivity index (χ3n) is 2.68. The second-order valence-corrected chi connectivity index (χ2v) is 3.94. The van der Waals surface area contributed by atoms with E-state index in [0.29, 0.717) is 12.4 Å². The summed E-state index contributed by atoms with van der Waals surface area (Å²) in [4.78, 5) is 18.0. The Labute approximate surface area is 110 Å². The zero-order valence-electron chi connectivity index (χ0n) is 10.5. The van der Waals surface area contributed by atoms with E-state index in [1.54, 1.807) is 0 Å². The molecule has 3 N–H and O–H groups in total. The van der Waals surface area contributed by atoms with Gasteiger partial charge in [0.05, 0.1) is 20.0 Å². The first-order valence-electron chi connectivity index (χ1n) is 5.79. The van der Waals surface area contributed by atoms with Crippen molar-refractivity contribution >= 4 is 5.82 Å². The number of ether oxygens (including phenoxy) is 1. The molecule has 0 amide bonds. The van der Waals surface area contributed by atoms with Crippen LogP contribution >= 0.6 is 0 Å². The van der Waals surface area contributed by atoms with Gasteiger partial charge in [0.1, 0.15) is 0 Å². The van der Waals surface area contributed by atoms with E-state index in [9.17, 15) is 4.79 Å². The fourth-order valence-corrected chi connectivity index (χ4v) is 1.65. The van der Waals surface area contributed by atoms with Crippen LogP contribution in [0, 0.1) is 0 Å². The van der Waals surface area contributed by atoms with Crippen LogP contribution in [0.2, 0.25) is 0 Å². The Kier molecular flexibility index (Phi) is 4.15. The minimum Gasteiger partial charge on any atom is -0.489 e. The summed E-state index contributed by atoms with van der Waals surface area (Å²) in [6, 6.07) is 7.50. The predicted molar refractivity (Wildman–Crippen MR) is 71.1 cm³/mol. The van der Waals surface area contributed by atoms with E-state index in [0.717, 1.165) is 11.1 Å². The van der Waals surface area contributed by atoms with Crippen LogP contribution in [0.1, 0.15) is 11.1 Å². The molecule has 0 radical (unpaired) electrons. The summed E-state index contributed by atoms with van der Waals surface area (Å²) >= 11 is 0. The van der Waals surface area contributed by atoms with Gasteiger partial charge in [0.25, 0.3) is 5.56 Å². The lowest BCUT2D eigenvalue weighted by molar-refractivity contribution is 0.282. The van der Waals surface area contributed by atoms with Gasteiger partial charge in [-0.1, -0.05) is 24.3 Å². The van der Waals surface area contributed by atoms with Crippen molar-refractivity contribution in [3.05, 3.63) is 52.1 Å². The molecule has 0 atom stereocenters. The largest absolute Gasteiger partial charge is 0.489 e. The quantitative estimate of drug-likeness (QED) is 0.743. The number of benzene rings is 1. The Hall–Kier alpha value is -2.34. The zero-order chi connectivity index (χ0) is 13.7. The molecule has 0 bridgehead atoms. The molecule has 0 saturated carbocycles. The number of hydrogen-bond acceptors (Lipinski definition) is 5. The van der Waals surface area contributed by atoms with Crippen LogP contribution in [0.3, 0.4) is 0 Å². The molecule has 1 aromatic carbocycles. The highest BCUT2D eigenvalue weighted by Crippen LogP contribution is 2.15. The van der Waals surface area contributed by atoms with Gasteiger partial charge >= 0.3 is 0 Å². The lowest BCUT2D eigenvalue weighted by Gasteiger charge is -2.09. The van der Waals surface area contributed by atoms with Gasteiger partial charge in [0.2, 0.25) is 5.75 Å². The van der Waals surface area contributed by atoms with E-state index in [2.05, 4.69) is 15.3 Å². The average molecular weight is 261 g/mol. The van der Waals surface area contributed by atoms with Crippen LogP contribution < -0.4 is 15.6 Å². The lowest BCUT2D eigenvalue weighted by Crippen LogP contribution is -2.14. The molecule has 100 valence electrons. The number of rotatable bonds is 5. The fourth-order valence-electron chi connectivity index (χ4n) is 1.65. The van der Waals surface area contributed by atoms with E-state index < -0.39 is 0 Å². The van der Waals surface area contributed by atoms with Gasteiger partial charge in [-0.15, -0.1) is 0 Å². The summed E-state index contributed by atoms with van der Waals surface area (Å²) < 4.78 is 5.00. The highest BCUT2D eigenvalue weighted by molar-refractivity contribution is 5.48. The van der Waals surface area contributed by atoms with Crippen LogP contribution in [0.25, 0.3) is 0 Å². The molecule has 6 nitrogen and oxygen atoms in total. The van der Waals surface area contributed by atoms with Crippen LogP contribution in [0.15, 0.2) is 35.4 Å². The molecule has 0 aliphatic carbocycles. The van der Waals surface area contributed by atoms with Crippen molar-refractivity contribution < 1.29 is 9.84 Å². The monoisotopic (exact) mass is 261 g/mol. The van der Waals surface area contributed by atoms with Crippen molar-refractivity contribution in [2.75, 3.05) is 12.4 Å². The maximum absolute atomic E-state index is 11.5. The van der Waals surface area contributed by atoms with Gasteiger partial charge in [-0.2, -0.15) is 0 Å². The number of hydrogen-bond donors (Lipinski definition) is 3. The molecule has 19 heavy (non-hydrogen) atoms. The molecule has 2 aromatic rings. The van der Waals surface area contributed by atoms with Gasteiger partial charge in [-0.25, -0.2) is 4.98 Å². The Bertz CT molecular complexity index is 593. The van der Waals surface area contributed by atoms with Crippen LogP contribution in [-0.2, 0) is 13.2 Å². The molecule has 2 rings (SSSR count). The fraction of sp³-hybridized carbons (Fsp3) is 0.231. The predicted octanol–water partition coefficient (Wildman–Crippen LogP) is 0.883. The van der Waals surface area contributed by atoms with Gasteiger partial charge in [-0.05, 0) is 11.1 Å². The summed E-state index contributed by atoms with van der Waals surface area (Å²) in [5.74, 6) is 0.562. The van der Waals surface area contributed by atoms with E-state index in [4.69, 9.17) is 9.84 Å². The molecule has 6 heteroatoms. The van der Waals surface area contributed by atoms with Crippen molar-refractivity contribution in [1.82, 2.24) is 9.97 Å². The highest BCUT2D eigenvalue weighted by Gasteiger charge is 2.07. The number of nitrogens with one attached hydrogen (secondary N) is 2. The van der Waals surface area contributed by atoms with Gasteiger partial charge in [-0.3, -0.25) is 4.79 Å². The zero-order valence-corrected chi connectivity index (χ0v) is 10.5. The summed E-state index contributed by atoms with van der Waals surface area (Å²) in [6.07, 6.45) is 1.32. The van der Waals surface area contributed by atoms with Crippen molar-refractivity contribution in [3.8, 4) is 5.75 Å². The van der Waals surface area contributed by atoms with E-state index in [1.807, 2.05) is 24.3 Å². The third kappa shape index (κ3) is 3.11. The number of aromatic amines is 1. The molecule has 0 fully saturated rings. The van der Waals surface area contributed by atoms with Crippen LogP contribution in [0.4, 0.5) is 5.82 Å². The second-order valence-electron chi connectivity index (χ2n) is 3.94. The highest BCUT2D eigenvalue weighted by atomic mass is 16.5. The van der Waals surface area contributed by atoms with Gasteiger partial charge < -0.3 is 20.1 Å². The van der Waals surface area contributed by atoms with Crippen LogP contribution in [-0.4, -0.2) is 22.2 Å². The Balaban J connectivity index is 2.09. The number of methoxy groups -OCH3 is 1. The molecule has 1 aromatic heterocycles. The molecule has 0 unspecified atom stereocenters. The summed E-state index contributed by atoms with van der Waals surface area (Å²) in [5.41, 5.74) is 1.55. The van der Waals surface area contributed by atoms with E-state index >= 15 is 0 Å². The van der Waals surface area contributed by atoms with Gasteiger partial charge in [0.15, 0.2) is 5.82 Å². The molecule has 1 heterocycles. The lowest BCUT2D eigenvalue weighted by atomic mass is 10.1. The number of aliphatic hydroxyl groups is 1. The van der Waals surface area contributed by atoms with Crippen molar-refractivity contribution in [1.29, 1.82) is 0 Å². The standard InChI is InChI=1S/C13H15N3O3/c1-19-11-12(15-8-16-13(11)18)14-6-9-2-4-10(7-17)5-3-9/h2-5,8,17H,6-7H2,1H3,(H2,14,15,16,18). The van der Waals surface area contributed by atoms with Crippen molar-refractivity contribution in [3.63, 3.8) is 0 Å². The first-order chi connectivity index (χ1) is 9.24. The second kappa shape index (κ2) is 6.01. The number of nitrogens with zero attached hydrogens (tertiary/aromatic N) is 1. The Morgan fingerprint density at radius 1 is 1.32 bits per heavy atom. The van der Waals surface area contributed by atoms with Crippen molar-refractivity contribution in [2.45, 2.75) is 13.2 Å². The maximum atomic E-state index is 11.5. The minimum atomic E-state index is -0.323. The molecule has 0 saturated heterocycles. The molecule has 0 aliphatic heterocycles. The average Bonchev–Trinajstić information content (AvgIpc) is 2.45. The number of aliphatic hydroxyl groups excluding tert-OH is 1. The SMILES string of the molecule is COc1c(NCc2ccc(CO)cc2)nc[nH]c1=O. The summed E-state index contributed by atoms with van der Waals surface area (Å²) in [6.45, 7) is 0.537. The minimum absolute atomic E-state index is 0.0249. The summed E-state index contributed by atoms with van der Waals surface area (Å²) in [5, 5.41) is 12.0. The smallest absolute Gasteiger partial charge is 0.295 e. The molecular formula is C13H15N3O3. The topological polar surface area (TPSA) is 87.2 Å². The maximum Gasteiger partial charge on any atom is 0.295 e. The first kappa shape index (κ1) is 13.1. The van der Waals surface area contributed by atoms with E-state index in [-0.39, 0.29) is 17.9 Å². The Morgan fingerprint density at radius 3 is 2.63 bits per heavy atom. The number of anilines is 1. The molecule has 0 spiro atoms. The first-order valence-corrected chi connectivity index (χ1v) is 5.79. The van der Waals surface area contributed by atoms with Gasteiger partial charge in [0, 0.05) is 6.54 Å². The van der Waals surface area contributed by atoms with Crippen molar-refractivity contribution in [2.24, 2.45) is 0 Å². The third-order valence-corrected chi connectivity index (χ3v) is 2.68. The summed E-state index contributed by atoms with van der Waals surface area (Å²) in [7, 11) is 1.42. The Morgan fingerprint density at radius 2 is 2.00 bits per heavy atom. The number of H-pyrrole nitrogens is 1. The molecular weight excluding hydrogens is 246 g/mol. The van der Waals surface area contributed by atoms with E-state index in [1.165, 1.54) is 13.4 Å². The molecule has 0 aliphatic rings.